The molecule has 0 bridgehead atoms. The SMILES string of the molecule is Cc1cc(Sc2n[nH]c(=O)n2C)ccc1CC(C)N. The van der Waals surface area contributed by atoms with Gasteiger partial charge in [-0.3, -0.25) is 4.57 Å². The topological polar surface area (TPSA) is 76.7 Å². The Morgan fingerprint density at radius 1 is 1.53 bits per heavy atom. The minimum absolute atomic E-state index is 0.157. The fourth-order valence-corrected chi connectivity index (χ4v) is 2.73. The molecular weight excluding hydrogens is 260 g/mol. The predicted molar refractivity (Wildman–Crippen MR) is 76.5 cm³/mol. The quantitative estimate of drug-likeness (QED) is 0.887. The Morgan fingerprint density at radius 2 is 2.26 bits per heavy atom. The third-order valence-electron chi connectivity index (χ3n) is 2.90. The molecule has 1 aromatic carbocycles. The van der Waals surface area contributed by atoms with Gasteiger partial charge in [0, 0.05) is 18.0 Å². The van der Waals surface area contributed by atoms with Crippen LogP contribution in [0.5, 0.6) is 0 Å². The van der Waals surface area contributed by atoms with Crippen LogP contribution in [0.15, 0.2) is 33.0 Å². The fourth-order valence-electron chi connectivity index (χ4n) is 1.84. The molecule has 1 unspecified atom stereocenters. The van der Waals surface area contributed by atoms with E-state index in [1.807, 2.05) is 13.0 Å². The summed E-state index contributed by atoms with van der Waals surface area (Å²) in [5.74, 6) is 0. The number of H-pyrrole nitrogens is 1. The van der Waals surface area contributed by atoms with Crippen LogP contribution in [0.3, 0.4) is 0 Å². The van der Waals surface area contributed by atoms with Crippen LogP contribution < -0.4 is 11.4 Å². The zero-order chi connectivity index (χ0) is 14.0. The Labute approximate surface area is 116 Å². The van der Waals surface area contributed by atoms with Crippen molar-refractivity contribution in [2.24, 2.45) is 12.8 Å². The lowest BCUT2D eigenvalue weighted by molar-refractivity contribution is 0.734. The average Bonchev–Trinajstić information content (AvgIpc) is 2.64. The molecule has 0 aliphatic rings. The first-order valence-electron chi connectivity index (χ1n) is 6.11. The first kappa shape index (κ1) is 13.9. The van der Waals surface area contributed by atoms with Gasteiger partial charge in [-0.25, -0.2) is 9.89 Å². The number of hydrogen-bond donors (Lipinski definition) is 2. The minimum Gasteiger partial charge on any atom is -0.328 e. The fraction of sp³-hybridized carbons (Fsp3) is 0.385. The van der Waals surface area contributed by atoms with Crippen molar-refractivity contribution in [2.45, 2.75) is 36.4 Å². The maximum atomic E-state index is 11.3. The summed E-state index contributed by atoms with van der Waals surface area (Å²) in [6.07, 6.45) is 0.873. The Bertz CT molecular complexity index is 630. The first-order chi connectivity index (χ1) is 8.97. The summed E-state index contributed by atoms with van der Waals surface area (Å²) >= 11 is 1.47. The van der Waals surface area contributed by atoms with Crippen LogP contribution in [0.4, 0.5) is 0 Å². The van der Waals surface area contributed by atoms with Crippen molar-refractivity contribution >= 4 is 11.8 Å². The van der Waals surface area contributed by atoms with Gasteiger partial charge in [0.2, 0.25) is 0 Å². The lowest BCUT2D eigenvalue weighted by atomic mass is 10.0. The molecule has 0 aliphatic carbocycles. The second-order valence-electron chi connectivity index (χ2n) is 4.74. The summed E-state index contributed by atoms with van der Waals surface area (Å²) < 4.78 is 1.50. The summed E-state index contributed by atoms with van der Waals surface area (Å²) in [4.78, 5) is 12.4. The van der Waals surface area contributed by atoms with Gasteiger partial charge in [-0.05, 0) is 55.3 Å². The number of nitrogens with two attached hydrogens (primary N) is 1. The molecule has 2 rings (SSSR count). The van der Waals surface area contributed by atoms with Crippen molar-refractivity contribution in [3.05, 3.63) is 39.8 Å². The van der Waals surface area contributed by atoms with Crippen molar-refractivity contribution < 1.29 is 0 Å². The van der Waals surface area contributed by atoms with Crippen molar-refractivity contribution in [3.63, 3.8) is 0 Å². The standard InChI is InChI=1S/C13H18N4OS/c1-8-6-11(5-4-10(8)7-9(2)14)19-13-16-15-12(18)17(13)3/h4-6,9H,7,14H2,1-3H3,(H,15,18). The van der Waals surface area contributed by atoms with E-state index < -0.39 is 0 Å². The third-order valence-corrected chi connectivity index (χ3v) is 3.94. The Morgan fingerprint density at radius 3 is 2.79 bits per heavy atom. The number of aromatic amines is 1. The zero-order valence-corrected chi connectivity index (χ0v) is 12.1. The molecule has 0 saturated heterocycles. The molecule has 0 amide bonds. The van der Waals surface area contributed by atoms with Crippen LogP contribution in [0.25, 0.3) is 0 Å². The van der Waals surface area contributed by atoms with Gasteiger partial charge < -0.3 is 5.73 Å². The molecule has 102 valence electrons. The molecule has 0 fully saturated rings. The molecule has 0 saturated carbocycles. The maximum absolute atomic E-state index is 11.3. The first-order valence-corrected chi connectivity index (χ1v) is 6.93. The largest absolute Gasteiger partial charge is 0.343 e. The van der Waals surface area contributed by atoms with Gasteiger partial charge in [-0.1, -0.05) is 6.07 Å². The highest BCUT2D eigenvalue weighted by Gasteiger charge is 2.08. The smallest absolute Gasteiger partial charge is 0.328 e. The molecule has 1 atom stereocenters. The average molecular weight is 278 g/mol. The molecule has 6 heteroatoms. The van der Waals surface area contributed by atoms with E-state index >= 15 is 0 Å². The van der Waals surface area contributed by atoms with Gasteiger partial charge in [-0.15, -0.1) is 5.10 Å². The van der Waals surface area contributed by atoms with Crippen molar-refractivity contribution in [3.8, 4) is 0 Å². The molecule has 0 radical (unpaired) electrons. The lowest BCUT2D eigenvalue weighted by Gasteiger charge is -2.10. The van der Waals surface area contributed by atoms with E-state index in [9.17, 15) is 4.79 Å². The summed E-state index contributed by atoms with van der Waals surface area (Å²) in [6, 6.07) is 6.38. The van der Waals surface area contributed by atoms with E-state index in [1.165, 1.54) is 27.5 Å². The second kappa shape index (κ2) is 5.63. The predicted octanol–water partition coefficient (Wildman–Crippen LogP) is 1.46. The molecule has 2 aromatic rings. The van der Waals surface area contributed by atoms with Crippen LogP contribution in [0, 0.1) is 6.92 Å². The molecule has 1 heterocycles. The van der Waals surface area contributed by atoms with Crippen molar-refractivity contribution in [1.82, 2.24) is 14.8 Å². The summed E-state index contributed by atoms with van der Waals surface area (Å²) in [6.45, 7) is 4.08. The van der Waals surface area contributed by atoms with Crippen molar-refractivity contribution in [1.29, 1.82) is 0 Å². The van der Waals surface area contributed by atoms with E-state index in [0.29, 0.717) is 5.16 Å². The zero-order valence-electron chi connectivity index (χ0n) is 11.3. The molecule has 0 aliphatic heterocycles. The number of aryl methyl sites for hydroxylation is 1. The van der Waals surface area contributed by atoms with Crippen LogP contribution >= 0.6 is 11.8 Å². The van der Waals surface area contributed by atoms with E-state index in [-0.39, 0.29) is 11.7 Å². The second-order valence-corrected chi connectivity index (χ2v) is 5.78. The molecule has 0 spiro atoms. The van der Waals surface area contributed by atoms with Gasteiger partial charge in [-0.2, -0.15) is 0 Å². The molecule has 19 heavy (non-hydrogen) atoms. The van der Waals surface area contributed by atoms with Gasteiger partial charge in [0.05, 0.1) is 0 Å². The number of benzene rings is 1. The number of nitrogens with one attached hydrogen (secondary N) is 1. The van der Waals surface area contributed by atoms with Crippen LogP contribution in [0.1, 0.15) is 18.1 Å². The summed E-state index contributed by atoms with van der Waals surface area (Å²) in [5, 5.41) is 7.07. The molecule has 3 N–H and O–H groups in total. The van der Waals surface area contributed by atoms with Crippen LogP contribution in [-0.4, -0.2) is 20.8 Å². The summed E-state index contributed by atoms with van der Waals surface area (Å²) in [7, 11) is 1.70. The van der Waals surface area contributed by atoms with E-state index in [2.05, 4.69) is 29.3 Å². The number of nitrogens with zero attached hydrogens (tertiary/aromatic N) is 2. The number of hydrogen-bond acceptors (Lipinski definition) is 4. The van der Waals surface area contributed by atoms with Crippen LogP contribution in [0.2, 0.25) is 0 Å². The molecule has 5 nitrogen and oxygen atoms in total. The van der Waals surface area contributed by atoms with Gasteiger partial charge >= 0.3 is 5.69 Å². The van der Waals surface area contributed by atoms with Crippen LogP contribution in [-0.2, 0) is 13.5 Å². The van der Waals surface area contributed by atoms with Crippen molar-refractivity contribution in [2.75, 3.05) is 0 Å². The highest BCUT2D eigenvalue weighted by molar-refractivity contribution is 7.99. The van der Waals surface area contributed by atoms with E-state index in [0.717, 1.165) is 11.3 Å². The summed E-state index contributed by atoms with van der Waals surface area (Å²) in [5.41, 5.74) is 8.09. The van der Waals surface area contributed by atoms with E-state index in [4.69, 9.17) is 5.73 Å². The Kier molecular flexibility index (Phi) is 4.11. The molecule has 1 aromatic heterocycles. The Hall–Kier alpha value is -1.53. The number of rotatable bonds is 4. The van der Waals surface area contributed by atoms with E-state index in [1.54, 1.807) is 7.05 Å². The van der Waals surface area contributed by atoms with Gasteiger partial charge in [0.1, 0.15) is 0 Å². The third kappa shape index (κ3) is 3.27. The highest BCUT2D eigenvalue weighted by Crippen LogP contribution is 2.26. The lowest BCUT2D eigenvalue weighted by Crippen LogP contribution is -2.18. The highest BCUT2D eigenvalue weighted by atomic mass is 32.2. The normalized spacial score (nSPS) is 12.6. The van der Waals surface area contributed by atoms with Gasteiger partial charge in [0.15, 0.2) is 5.16 Å². The Balaban J connectivity index is 2.21. The minimum atomic E-state index is -0.201. The van der Waals surface area contributed by atoms with Gasteiger partial charge in [0.25, 0.3) is 0 Å². The number of aromatic nitrogens is 3. The maximum Gasteiger partial charge on any atom is 0.343 e. The monoisotopic (exact) mass is 278 g/mol. The molecular formula is C13H18N4OS.